The molecule has 0 spiro atoms. The van der Waals surface area contributed by atoms with Crippen LogP contribution in [0.1, 0.15) is 82.1 Å². The van der Waals surface area contributed by atoms with Crippen molar-refractivity contribution in [2.75, 3.05) is 11.9 Å². The smallest absolute Gasteiger partial charge is 0.246 e. The molecule has 3 amide bonds. The lowest BCUT2D eigenvalue weighted by Gasteiger charge is -2.63. The van der Waals surface area contributed by atoms with Crippen molar-refractivity contribution >= 4 is 35.0 Å². The van der Waals surface area contributed by atoms with Crippen molar-refractivity contribution in [2.24, 2.45) is 22.7 Å². The number of H-pyrrole nitrogens is 1. The summed E-state index contributed by atoms with van der Waals surface area (Å²) >= 11 is 0. The Labute approximate surface area is 363 Å². The highest BCUT2D eigenvalue weighted by molar-refractivity contribution is 6.01. The van der Waals surface area contributed by atoms with Crippen LogP contribution in [0.3, 0.4) is 0 Å². The molecule has 1 aromatic heterocycles. The Morgan fingerprint density at radius 2 is 1.75 bits per heavy atom. The molecule has 5 aliphatic rings. The van der Waals surface area contributed by atoms with Gasteiger partial charge in [0.25, 0.3) is 0 Å². The van der Waals surface area contributed by atoms with Gasteiger partial charge in [-0.15, -0.1) is 0 Å². The molecule has 2 aromatic carbocycles. The van der Waals surface area contributed by atoms with Crippen LogP contribution in [-0.2, 0) is 46.3 Å². The van der Waals surface area contributed by atoms with Gasteiger partial charge in [0.15, 0.2) is 29.1 Å². The summed E-state index contributed by atoms with van der Waals surface area (Å²) in [7, 11) is 0. The van der Waals surface area contributed by atoms with Gasteiger partial charge in [-0.25, -0.2) is 13.8 Å². The number of allylic oxidation sites excluding steroid dienone is 4. The normalized spacial score (nSPS) is 33.8. The first-order valence-corrected chi connectivity index (χ1v) is 21.4. The van der Waals surface area contributed by atoms with Crippen LogP contribution in [0.5, 0.6) is 0 Å². The number of hydrogen-bond donors (Lipinski definition) is 6. The number of Topliss-reactive ketones (excluding diaryl/α,β-unsaturated/α-hetero) is 1. The van der Waals surface area contributed by atoms with Gasteiger partial charge in [-0.05, 0) is 99.8 Å². The van der Waals surface area contributed by atoms with Gasteiger partial charge in [0, 0.05) is 40.6 Å². The first-order valence-electron chi connectivity index (χ1n) is 21.4. The van der Waals surface area contributed by atoms with Crippen molar-refractivity contribution in [1.82, 2.24) is 20.6 Å². The van der Waals surface area contributed by atoms with Crippen LogP contribution < -0.4 is 16.0 Å². The monoisotopic (exact) mass is 869 g/mol. The summed E-state index contributed by atoms with van der Waals surface area (Å²) in [6.07, 6.45) is 2.37. The summed E-state index contributed by atoms with van der Waals surface area (Å²) in [5, 5.41) is 30.2. The second-order valence-corrected chi connectivity index (χ2v) is 18.2. The number of aliphatic hydroxyl groups excluding tert-OH is 2. The van der Waals surface area contributed by atoms with E-state index in [9.17, 15) is 34.2 Å². The van der Waals surface area contributed by atoms with Crippen LogP contribution in [-0.4, -0.2) is 97.8 Å². The number of alkyl halides is 2. The Morgan fingerprint density at radius 1 is 1.00 bits per heavy atom. The summed E-state index contributed by atoms with van der Waals surface area (Å²) < 4.78 is 46.8. The third-order valence-corrected chi connectivity index (χ3v) is 14.5. The van der Waals surface area contributed by atoms with Crippen LogP contribution in [0.25, 0.3) is 0 Å². The number of carbonyl (C=O) groups excluding carboxylic acids is 5. The fourth-order valence-electron chi connectivity index (χ4n) is 11.2. The number of rotatable bonds is 13. The number of halogens is 2. The van der Waals surface area contributed by atoms with Crippen LogP contribution in [0.2, 0.25) is 0 Å². The van der Waals surface area contributed by atoms with Crippen LogP contribution in [0.15, 0.2) is 84.9 Å². The summed E-state index contributed by atoms with van der Waals surface area (Å²) in [4.78, 5) is 71.2. The molecular weight excluding hydrogens is 817 g/mol. The van der Waals surface area contributed by atoms with E-state index in [0.717, 1.165) is 22.9 Å². The number of ether oxygens (including phenoxy) is 2. The molecule has 1 aliphatic heterocycles. The molecule has 63 heavy (non-hydrogen) atoms. The maximum absolute atomic E-state index is 17.7. The molecule has 3 saturated carbocycles. The number of imidazole rings is 1. The fourth-order valence-corrected chi connectivity index (χ4v) is 11.2. The number of carbonyl (C=O) groups is 5. The molecule has 14 nitrogen and oxygen atoms in total. The standard InChI is InChI=1S/C47H53F2N5O9/c1-25(52-40(59)13-12-31-22-50-24-51-31)41(60)53-26(2)42(61)54-30-7-5-6-28(17-30)16-27-8-10-29(11-9-27)43-62-39-20-33-34-19-36(48)35-18-32(56)14-15-44(35,3)46(34,49)37(57)21-45(33,4)47(39,63-43)38(58)23-55/h5-11,14-15,17-18,22,24-26,33-34,36-37,39,43,55,57H,12-13,16,19-21,23H2,1-4H3,(H,50,51)(H,52,59)(H,53,60)(H,54,61)/t25-,26-,33-,34-,36-,37-,39+,43+,44-,45-,46-,47+/m0/s1. The zero-order chi connectivity index (χ0) is 45.1. The van der Waals surface area contributed by atoms with Gasteiger partial charge in [-0.2, -0.15) is 0 Å². The molecule has 4 fully saturated rings. The van der Waals surface area contributed by atoms with Gasteiger partial charge in [0.05, 0.1) is 24.2 Å². The largest absolute Gasteiger partial charge is 0.390 e. The number of benzene rings is 2. The Morgan fingerprint density at radius 3 is 2.46 bits per heavy atom. The lowest BCUT2D eigenvalue weighted by atomic mass is 9.44. The van der Waals surface area contributed by atoms with Crippen molar-refractivity contribution in [2.45, 2.75) is 114 Å². The molecule has 0 unspecified atom stereocenters. The Balaban J connectivity index is 0.902. The van der Waals surface area contributed by atoms with E-state index >= 15 is 8.78 Å². The Kier molecular flexibility index (Phi) is 11.7. The van der Waals surface area contributed by atoms with E-state index < -0.39 is 101 Å². The zero-order valence-electron chi connectivity index (χ0n) is 35.5. The van der Waals surface area contributed by atoms with Crippen LogP contribution in [0.4, 0.5) is 14.5 Å². The molecule has 12 atom stereocenters. The average Bonchev–Trinajstić information content (AvgIpc) is 3.98. The number of nitrogens with one attached hydrogen (secondary N) is 4. The van der Waals surface area contributed by atoms with Crippen LogP contribution in [0, 0.1) is 22.7 Å². The van der Waals surface area contributed by atoms with Crippen molar-refractivity contribution in [3.63, 3.8) is 0 Å². The fraction of sp³-hybridized carbons (Fsp3) is 0.489. The van der Waals surface area contributed by atoms with E-state index in [1.54, 1.807) is 51.2 Å². The summed E-state index contributed by atoms with van der Waals surface area (Å²) in [6.45, 7) is 5.47. The maximum Gasteiger partial charge on any atom is 0.246 e. The van der Waals surface area contributed by atoms with Crippen molar-refractivity contribution in [1.29, 1.82) is 0 Å². The molecule has 3 aromatic rings. The summed E-state index contributed by atoms with van der Waals surface area (Å²) in [5.74, 6) is -4.07. The number of aromatic amines is 1. The minimum absolute atomic E-state index is 0.00665. The molecule has 0 radical (unpaired) electrons. The molecule has 2 heterocycles. The number of fused-ring (bicyclic) bond motifs is 7. The summed E-state index contributed by atoms with van der Waals surface area (Å²) in [6, 6.07) is 12.8. The highest BCUT2D eigenvalue weighted by Gasteiger charge is 2.80. The zero-order valence-corrected chi connectivity index (χ0v) is 35.5. The maximum atomic E-state index is 17.7. The number of aryl methyl sites for hydroxylation is 1. The van der Waals surface area contributed by atoms with Crippen molar-refractivity contribution in [3.8, 4) is 0 Å². The molecule has 16 heteroatoms. The van der Waals surface area contributed by atoms with Crippen LogP contribution >= 0.6 is 0 Å². The average molecular weight is 870 g/mol. The number of amides is 3. The van der Waals surface area contributed by atoms with Gasteiger partial charge in [-0.1, -0.05) is 49.4 Å². The molecule has 6 N–H and O–H groups in total. The highest BCUT2D eigenvalue weighted by atomic mass is 19.1. The molecule has 8 rings (SSSR count). The van der Waals surface area contributed by atoms with Crippen molar-refractivity contribution < 1.29 is 52.4 Å². The van der Waals surface area contributed by atoms with E-state index in [4.69, 9.17) is 9.47 Å². The Bertz CT molecular complexity index is 2360. The number of anilines is 1. The topological polar surface area (TPSA) is 209 Å². The number of aliphatic hydroxyl groups is 2. The Hall–Kier alpha value is -5.42. The van der Waals surface area contributed by atoms with E-state index in [2.05, 4.69) is 25.9 Å². The van der Waals surface area contributed by atoms with E-state index in [0.29, 0.717) is 24.1 Å². The SMILES string of the molecule is C[C@H](NC(=O)CCc1c[nH]cn1)C(=O)N[C@@H](C)C(=O)Nc1cccc(Cc2ccc([C@@H]3O[C@@H]4C[C@H]5[C@@H]6C[C@H](F)C7=CC(=O)C=C[C@]7(C)[C@@]6(F)[C@@H](O)C[C@]5(C)[C@]4(C(=O)CO)O3)cc2)c1. The highest BCUT2D eigenvalue weighted by Crippen LogP contribution is 2.72. The lowest BCUT2D eigenvalue weighted by molar-refractivity contribution is -0.235. The quantitative estimate of drug-likeness (QED) is 0.144. The van der Waals surface area contributed by atoms with Gasteiger partial charge in [0.1, 0.15) is 24.9 Å². The third kappa shape index (κ3) is 7.43. The number of nitrogens with zero attached hydrogens (tertiary/aromatic N) is 1. The number of aromatic nitrogens is 2. The third-order valence-electron chi connectivity index (χ3n) is 14.5. The molecule has 0 bridgehead atoms. The molecular formula is C47H53F2N5O9. The van der Waals surface area contributed by atoms with Gasteiger partial charge in [0.2, 0.25) is 17.7 Å². The lowest BCUT2D eigenvalue weighted by Crippen LogP contribution is -2.70. The first-order chi connectivity index (χ1) is 29.9. The molecule has 4 aliphatic carbocycles. The second kappa shape index (κ2) is 16.6. The molecule has 334 valence electrons. The predicted octanol–water partition coefficient (Wildman–Crippen LogP) is 4.22. The van der Waals surface area contributed by atoms with Crippen molar-refractivity contribution in [3.05, 3.63) is 107 Å². The first kappa shape index (κ1) is 44.2. The van der Waals surface area contributed by atoms with Gasteiger partial charge < -0.3 is 40.6 Å². The predicted molar refractivity (Wildman–Crippen MR) is 224 cm³/mol. The van der Waals surface area contributed by atoms with E-state index in [-0.39, 0.29) is 37.2 Å². The minimum atomic E-state index is -2.34. The number of hydrogen-bond acceptors (Lipinski definition) is 10. The van der Waals surface area contributed by atoms with E-state index in [1.807, 2.05) is 24.3 Å². The van der Waals surface area contributed by atoms with E-state index in [1.165, 1.54) is 25.4 Å². The van der Waals surface area contributed by atoms with Gasteiger partial charge in [-0.3, -0.25) is 24.0 Å². The minimum Gasteiger partial charge on any atom is -0.390 e. The van der Waals surface area contributed by atoms with Gasteiger partial charge >= 0.3 is 0 Å². The summed E-state index contributed by atoms with van der Waals surface area (Å²) in [5.41, 5.74) is -3.29. The number of ketones is 2. The second-order valence-electron chi connectivity index (χ2n) is 18.2. The molecule has 1 saturated heterocycles.